The van der Waals surface area contributed by atoms with Crippen molar-refractivity contribution in [3.8, 4) is 11.8 Å². The number of aldehydes is 1. The Kier molecular flexibility index (Phi) is 3.23. The molecule has 3 nitrogen and oxygen atoms in total. The van der Waals surface area contributed by atoms with E-state index in [0.717, 1.165) is 11.2 Å². The van der Waals surface area contributed by atoms with Crippen LogP contribution in [0.2, 0.25) is 0 Å². The summed E-state index contributed by atoms with van der Waals surface area (Å²) in [5.41, 5.74) is 4.89. The molecule has 1 aromatic heterocycles. The number of carbonyl (C=O) groups is 2. The molecule has 13 heavy (non-hydrogen) atoms. The topological polar surface area (TPSA) is 60.2 Å². The number of nitrogens with two attached hydrogens (primary N) is 1. The van der Waals surface area contributed by atoms with Crippen LogP contribution in [-0.4, -0.2) is 12.2 Å². The summed E-state index contributed by atoms with van der Waals surface area (Å²) < 4.78 is 0. The van der Waals surface area contributed by atoms with Gasteiger partial charge in [0.15, 0.2) is 6.29 Å². The highest BCUT2D eigenvalue weighted by atomic mass is 32.1. The third kappa shape index (κ3) is 3.09. The molecule has 0 saturated heterocycles. The van der Waals surface area contributed by atoms with Crippen molar-refractivity contribution in [3.63, 3.8) is 0 Å². The van der Waals surface area contributed by atoms with Gasteiger partial charge in [-0.15, -0.1) is 11.3 Å². The fraction of sp³-hybridized carbons (Fsp3) is 0.111. The van der Waals surface area contributed by atoms with Crippen LogP contribution < -0.4 is 5.73 Å². The minimum atomic E-state index is -0.445. The predicted octanol–water partition coefficient (Wildman–Crippen LogP) is 0.788. The first-order valence-corrected chi connectivity index (χ1v) is 4.36. The number of thiophene rings is 1. The molecule has 0 aliphatic heterocycles. The van der Waals surface area contributed by atoms with Crippen molar-refractivity contribution in [3.05, 3.63) is 21.9 Å². The quantitative estimate of drug-likeness (QED) is 0.557. The lowest BCUT2D eigenvalue weighted by Gasteiger charge is -1.79. The molecular weight excluding hydrogens is 186 g/mol. The lowest BCUT2D eigenvalue weighted by molar-refractivity contribution is -0.117. The molecule has 1 amide bonds. The van der Waals surface area contributed by atoms with Gasteiger partial charge in [-0.05, 0) is 12.1 Å². The molecule has 0 spiro atoms. The van der Waals surface area contributed by atoms with Gasteiger partial charge in [-0.25, -0.2) is 0 Å². The summed E-state index contributed by atoms with van der Waals surface area (Å²) >= 11 is 1.29. The minimum absolute atomic E-state index is 0.0499. The second-order valence-corrected chi connectivity index (χ2v) is 3.38. The standard InChI is InChI=1S/C9H7NO2S/c10-9(12)3-1-2-7-4-5-8(6-11)13-7/h4-6H,3H2,(H2,10,12). The highest BCUT2D eigenvalue weighted by Gasteiger charge is 1.94. The molecule has 0 fully saturated rings. The number of rotatable bonds is 2. The number of hydrogen-bond acceptors (Lipinski definition) is 3. The summed E-state index contributed by atoms with van der Waals surface area (Å²) in [7, 11) is 0. The van der Waals surface area contributed by atoms with Gasteiger partial charge >= 0.3 is 0 Å². The summed E-state index contributed by atoms with van der Waals surface area (Å²) in [4.78, 5) is 22.0. The summed E-state index contributed by atoms with van der Waals surface area (Å²) in [5, 5.41) is 0. The van der Waals surface area contributed by atoms with E-state index in [1.807, 2.05) is 0 Å². The van der Waals surface area contributed by atoms with Crippen molar-refractivity contribution < 1.29 is 9.59 Å². The second kappa shape index (κ2) is 4.43. The van der Waals surface area contributed by atoms with E-state index >= 15 is 0 Å². The molecule has 66 valence electrons. The van der Waals surface area contributed by atoms with Crippen molar-refractivity contribution in [2.75, 3.05) is 0 Å². The van der Waals surface area contributed by atoms with Crippen molar-refractivity contribution in [1.29, 1.82) is 0 Å². The van der Waals surface area contributed by atoms with Gasteiger partial charge in [-0.2, -0.15) is 0 Å². The fourth-order valence-electron chi connectivity index (χ4n) is 0.702. The number of primary amides is 1. The Morgan fingerprint density at radius 2 is 2.38 bits per heavy atom. The molecule has 1 rings (SSSR count). The van der Waals surface area contributed by atoms with Crippen LogP contribution in [0.4, 0.5) is 0 Å². The highest BCUT2D eigenvalue weighted by molar-refractivity contribution is 7.14. The van der Waals surface area contributed by atoms with Gasteiger partial charge in [0.1, 0.15) is 0 Å². The molecule has 0 aromatic carbocycles. The molecule has 4 heteroatoms. The maximum absolute atomic E-state index is 10.3. The SMILES string of the molecule is NC(=O)CC#Cc1ccc(C=O)s1. The molecule has 0 aliphatic rings. The maximum atomic E-state index is 10.3. The molecule has 0 unspecified atom stereocenters. The number of hydrogen-bond donors (Lipinski definition) is 1. The van der Waals surface area contributed by atoms with E-state index < -0.39 is 5.91 Å². The van der Waals surface area contributed by atoms with Crippen molar-refractivity contribution in [2.24, 2.45) is 5.73 Å². The van der Waals surface area contributed by atoms with E-state index in [-0.39, 0.29) is 6.42 Å². The summed E-state index contributed by atoms with van der Waals surface area (Å²) in [5.74, 6) is 4.90. The molecule has 1 heterocycles. The van der Waals surface area contributed by atoms with Gasteiger partial charge in [0.2, 0.25) is 5.91 Å². The van der Waals surface area contributed by atoms with E-state index in [1.165, 1.54) is 11.3 Å². The van der Waals surface area contributed by atoms with Gasteiger partial charge in [0, 0.05) is 0 Å². The second-order valence-electron chi connectivity index (χ2n) is 2.26. The summed E-state index contributed by atoms with van der Waals surface area (Å²) in [6.45, 7) is 0. The van der Waals surface area contributed by atoms with E-state index in [2.05, 4.69) is 11.8 Å². The molecule has 2 N–H and O–H groups in total. The first-order chi connectivity index (χ1) is 6.22. The fourth-order valence-corrected chi connectivity index (χ4v) is 1.40. The molecule has 0 radical (unpaired) electrons. The summed E-state index contributed by atoms with van der Waals surface area (Å²) in [6, 6.07) is 3.42. The third-order valence-electron chi connectivity index (χ3n) is 1.22. The third-order valence-corrected chi connectivity index (χ3v) is 2.14. The first-order valence-electron chi connectivity index (χ1n) is 3.54. The van der Waals surface area contributed by atoms with E-state index in [4.69, 9.17) is 5.73 Å². The zero-order valence-electron chi connectivity index (χ0n) is 6.74. The molecule has 0 saturated carbocycles. The minimum Gasteiger partial charge on any atom is -0.369 e. The average Bonchev–Trinajstić information content (AvgIpc) is 2.52. The van der Waals surface area contributed by atoms with Gasteiger partial charge in [0.05, 0.1) is 16.2 Å². The Balaban J connectivity index is 2.66. The first kappa shape index (κ1) is 9.49. The normalized spacial score (nSPS) is 8.62. The Morgan fingerprint density at radius 1 is 1.62 bits per heavy atom. The lowest BCUT2D eigenvalue weighted by atomic mass is 10.4. The van der Waals surface area contributed by atoms with Crippen LogP contribution in [0.5, 0.6) is 0 Å². The molecule has 0 bridgehead atoms. The maximum Gasteiger partial charge on any atom is 0.229 e. The van der Waals surface area contributed by atoms with Gasteiger partial charge < -0.3 is 5.73 Å². The highest BCUT2D eigenvalue weighted by Crippen LogP contribution is 2.12. The van der Waals surface area contributed by atoms with Crippen molar-refractivity contribution in [1.82, 2.24) is 0 Å². The molecule has 0 aliphatic carbocycles. The Morgan fingerprint density at radius 3 is 2.92 bits per heavy atom. The zero-order valence-corrected chi connectivity index (χ0v) is 7.56. The monoisotopic (exact) mass is 193 g/mol. The van der Waals surface area contributed by atoms with E-state index in [0.29, 0.717) is 4.88 Å². The van der Waals surface area contributed by atoms with Crippen molar-refractivity contribution >= 4 is 23.5 Å². The van der Waals surface area contributed by atoms with Crippen LogP contribution in [0.3, 0.4) is 0 Å². The van der Waals surface area contributed by atoms with E-state index in [1.54, 1.807) is 12.1 Å². The molecule has 0 atom stereocenters. The molecule has 1 aromatic rings. The molecular formula is C9H7NO2S. The lowest BCUT2D eigenvalue weighted by Crippen LogP contribution is -2.08. The van der Waals surface area contributed by atoms with Gasteiger partial charge in [0.25, 0.3) is 0 Å². The Hall–Kier alpha value is -1.60. The predicted molar refractivity (Wildman–Crippen MR) is 50.4 cm³/mol. The summed E-state index contributed by atoms with van der Waals surface area (Å²) in [6.07, 6.45) is 0.818. The van der Waals surface area contributed by atoms with Crippen LogP contribution in [0.25, 0.3) is 0 Å². The van der Waals surface area contributed by atoms with Crippen LogP contribution in [-0.2, 0) is 4.79 Å². The van der Waals surface area contributed by atoms with Gasteiger partial charge in [-0.1, -0.05) is 11.8 Å². The van der Waals surface area contributed by atoms with E-state index in [9.17, 15) is 9.59 Å². The number of amides is 1. The van der Waals surface area contributed by atoms with Crippen molar-refractivity contribution in [2.45, 2.75) is 6.42 Å². The van der Waals surface area contributed by atoms with Crippen LogP contribution in [0.1, 0.15) is 21.0 Å². The van der Waals surface area contributed by atoms with Crippen LogP contribution >= 0.6 is 11.3 Å². The zero-order chi connectivity index (χ0) is 9.68. The number of carbonyl (C=O) groups excluding carboxylic acids is 2. The Bertz CT molecular complexity index is 384. The van der Waals surface area contributed by atoms with Crippen LogP contribution in [0.15, 0.2) is 12.1 Å². The van der Waals surface area contributed by atoms with Gasteiger partial charge in [-0.3, -0.25) is 9.59 Å². The van der Waals surface area contributed by atoms with Crippen LogP contribution in [0, 0.1) is 11.8 Å². The smallest absolute Gasteiger partial charge is 0.229 e. The average molecular weight is 193 g/mol. The Labute approximate surface area is 79.6 Å². The largest absolute Gasteiger partial charge is 0.369 e.